The lowest BCUT2D eigenvalue weighted by Gasteiger charge is -2.23. The number of allylic oxidation sites excluding steroid dienone is 1. The summed E-state index contributed by atoms with van der Waals surface area (Å²) in [6, 6.07) is 6.31. The molecule has 7 nitrogen and oxygen atoms in total. The summed E-state index contributed by atoms with van der Waals surface area (Å²) in [6.45, 7) is 0.123. The Labute approximate surface area is 228 Å². The molecule has 4 rings (SSSR count). The lowest BCUT2D eigenvalue weighted by molar-refractivity contribution is -0.138. The molecule has 0 saturated heterocycles. The van der Waals surface area contributed by atoms with Crippen LogP contribution < -0.4 is 5.32 Å². The van der Waals surface area contributed by atoms with Gasteiger partial charge in [0.05, 0.1) is 29.3 Å². The van der Waals surface area contributed by atoms with Crippen LogP contribution in [0.1, 0.15) is 53.4 Å². The minimum Gasteiger partial charge on any atom is -0.384 e. The Bertz CT molecular complexity index is 1510. The van der Waals surface area contributed by atoms with E-state index in [2.05, 4.69) is 10.1 Å². The molecule has 0 aliphatic carbocycles. The van der Waals surface area contributed by atoms with E-state index in [9.17, 15) is 35.9 Å². The van der Waals surface area contributed by atoms with Crippen molar-refractivity contribution < 1.29 is 40.8 Å². The van der Waals surface area contributed by atoms with Gasteiger partial charge in [-0.3, -0.25) is 14.0 Å². The maximum Gasteiger partial charge on any atom is 0.416 e. The summed E-state index contributed by atoms with van der Waals surface area (Å²) < 4.78 is 78.1. The molecule has 1 N–H and O–H groups in total. The van der Waals surface area contributed by atoms with E-state index in [1.165, 1.54) is 24.7 Å². The zero-order valence-corrected chi connectivity index (χ0v) is 21.5. The Hall–Kier alpha value is -3.87. The molecular weight excluding hydrogens is 566 g/mol. The molecule has 0 fully saturated rings. The van der Waals surface area contributed by atoms with Gasteiger partial charge in [0.2, 0.25) is 5.91 Å². The van der Waals surface area contributed by atoms with Crippen LogP contribution in [0.3, 0.4) is 0 Å². The van der Waals surface area contributed by atoms with Crippen molar-refractivity contribution >= 4 is 40.6 Å². The first-order valence-electron chi connectivity index (χ1n) is 11.8. The van der Waals surface area contributed by atoms with Gasteiger partial charge < -0.3 is 10.2 Å². The fourth-order valence-electron chi connectivity index (χ4n) is 4.11. The van der Waals surface area contributed by atoms with E-state index in [0.717, 1.165) is 12.1 Å². The van der Waals surface area contributed by atoms with Crippen LogP contribution in [0.15, 0.2) is 54.1 Å². The van der Waals surface area contributed by atoms with Gasteiger partial charge in [0.25, 0.3) is 0 Å². The number of hydrogen-bond donors (Lipinski definition) is 1. The highest BCUT2D eigenvalue weighted by Crippen LogP contribution is 2.39. The minimum atomic E-state index is -4.58. The van der Waals surface area contributed by atoms with Crippen LogP contribution in [0, 0.1) is 0 Å². The Morgan fingerprint density at radius 3 is 2.58 bits per heavy atom. The lowest BCUT2D eigenvalue weighted by atomic mass is 9.89. The quantitative estimate of drug-likeness (QED) is 0.246. The summed E-state index contributed by atoms with van der Waals surface area (Å²) in [7, 11) is 0. The number of pyridine rings is 1. The average molecular weight is 587 g/mol. The molecule has 14 heteroatoms. The van der Waals surface area contributed by atoms with E-state index < -0.39 is 48.2 Å². The van der Waals surface area contributed by atoms with Gasteiger partial charge in [0.15, 0.2) is 11.4 Å². The normalized spacial score (nSPS) is 17.8. The third-order valence-electron chi connectivity index (χ3n) is 6.14. The third-order valence-corrected chi connectivity index (χ3v) is 6.36. The van der Waals surface area contributed by atoms with Crippen molar-refractivity contribution in [3.05, 3.63) is 76.3 Å². The summed E-state index contributed by atoms with van der Waals surface area (Å²) in [5.41, 5.74) is -0.212. The first kappa shape index (κ1) is 29.1. The molecule has 0 radical (unpaired) electrons. The molecule has 0 spiro atoms. The molecule has 1 aliphatic heterocycles. The van der Waals surface area contributed by atoms with Gasteiger partial charge in [-0.1, -0.05) is 16.8 Å². The molecular formula is C26H21ClF6N4O3. The average Bonchev–Trinajstić information content (AvgIpc) is 3.51. The van der Waals surface area contributed by atoms with E-state index in [0.29, 0.717) is 16.9 Å². The maximum absolute atomic E-state index is 13.2. The number of carbonyl (C=O) groups excluding carboxylic acids is 2. The summed E-state index contributed by atoms with van der Waals surface area (Å²) in [5.74, 6) is -1.35. The van der Waals surface area contributed by atoms with Gasteiger partial charge in [0, 0.05) is 41.1 Å². The standard InChI is InChI=1S/C26H21ClF6N4O3/c1-24(15-8-16(26(31,32)33)10-17(27)9-15)11-18(36-40-24)2-3-19-4-5-20(21-12-34-14-37(19)21)22(38)6-7-23(39)35-13-25(28,29)30/h2-5,8-10,12,14H,6-7,11,13H2,1H3,(H,35,39)/b3-2+. The highest BCUT2D eigenvalue weighted by atomic mass is 35.5. The van der Waals surface area contributed by atoms with E-state index in [1.54, 1.807) is 34.9 Å². The van der Waals surface area contributed by atoms with Gasteiger partial charge in [0.1, 0.15) is 6.54 Å². The Morgan fingerprint density at radius 1 is 1.12 bits per heavy atom. The zero-order valence-electron chi connectivity index (χ0n) is 20.7. The summed E-state index contributed by atoms with van der Waals surface area (Å²) in [4.78, 5) is 33.9. The fraction of sp³-hybridized carbons (Fsp3) is 0.308. The topological polar surface area (TPSA) is 85.1 Å². The first-order chi connectivity index (χ1) is 18.6. The van der Waals surface area contributed by atoms with Gasteiger partial charge in [-0.2, -0.15) is 26.3 Å². The second-order valence-corrected chi connectivity index (χ2v) is 9.71. The Kier molecular flexibility index (Phi) is 7.97. The monoisotopic (exact) mass is 586 g/mol. The SMILES string of the molecule is CC1(c2cc(Cl)cc(C(F)(F)F)c2)CC(/C=C/c2ccc(C(=O)CCC(=O)NCC(F)(F)F)c3cncn23)=NO1. The third kappa shape index (κ3) is 6.82. The summed E-state index contributed by atoms with van der Waals surface area (Å²) in [5, 5.41) is 5.64. The molecule has 1 aromatic carbocycles. The van der Waals surface area contributed by atoms with Crippen molar-refractivity contribution in [2.45, 2.75) is 44.1 Å². The number of ketones is 1. The number of benzene rings is 1. The summed E-state index contributed by atoms with van der Waals surface area (Å²) in [6.07, 6.45) is -3.54. The lowest BCUT2D eigenvalue weighted by Crippen LogP contribution is -2.33. The molecule has 3 heterocycles. The predicted octanol–water partition coefficient (Wildman–Crippen LogP) is 6.35. The van der Waals surface area contributed by atoms with Crippen molar-refractivity contribution in [3.63, 3.8) is 0 Å². The second kappa shape index (κ2) is 11.0. The molecule has 0 saturated carbocycles. The van der Waals surface area contributed by atoms with Crippen LogP contribution >= 0.6 is 11.6 Å². The van der Waals surface area contributed by atoms with Crippen LogP contribution in [-0.2, 0) is 21.4 Å². The molecule has 212 valence electrons. The van der Waals surface area contributed by atoms with Crippen LogP contribution in [0.2, 0.25) is 5.02 Å². The molecule has 2 aromatic heterocycles. The number of rotatable bonds is 8. The zero-order chi connectivity index (χ0) is 29.3. The maximum atomic E-state index is 13.2. The number of fused-ring (bicyclic) bond motifs is 1. The second-order valence-electron chi connectivity index (χ2n) is 9.28. The smallest absolute Gasteiger partial charge is 0.384 e. The molecule has 1 unspecified atom stereocenters. The number of amides is 1. The van der Waals surface area contributed by atoms with E-state index in [4.69, 9.17) is 16.4 Å². The van der Waals surface area contributed by atoms with E-state index >= 15 is 0 Å². The number of nitrogens with one attached hydrogen (secondary N) is 1. The highest BCUT2D eigenvalue weighted by molar-refractivity contribution is 6.30. The molecule has 40 heavy (non-hydrogen) atoms. The van der Waals surface area contributed by atoms with Gasteiger partial charge in [-0.25, -0.2) is 4.98 Å². The minimum absolute atomic E-state index is 0.0854. The first-order valence-corrected chi connectivity index (χ1v) is 12.2. The number of oxime groups is 1. The number of Topliss-reactive ketones (excluding diaryl/α,β-unsaturated/α-hetero) is 1. The number of hydrogen-bond acceptors (Lipinski definition) is 5. The number of alkyl halides is 6. The number of imidazole rings is 1. The molecule has 0 bridgehead atoms. The molecule has 1 amide bonds. The molecule has 1 atom stereocenters. The summed E-state index contributed by atoms with van der Waals surface area (Å²) >= 11 is 5.92. The van der Waals surface area contributed by atoms with Gasteiger partial charge >= 0.3 is 12.4 Å². The van der Waals surface area contributed by atoms with Crippen LogP contribution in [0.5, 0.6) is 0 Å². The highest BCUT2D eigenvalue weighted by Gasteiger charge is 2.39. The van der Waals surface area contributed by atoms with Gasteiger partial charge in [-0.15, -0.1) is 0 Å². The van der Waals surface area contributed by atoms with E-state index in [-0.39, 0.29) is 29.0 Å². The van der Waals surface area contributed by atoms with Gasteiger partial charge in [-0.05, 0) is 49.4 Å². The van der Waals surface area contributed by atoms with Crippen molar-refractivity contribution in [1.29, 1.82) is 0 Å². The van der Waals surface area contributed by atoms with Crippen LogP contribution in [0.4, 0.5) is 26.3 Å². The Morgan fingerprint density at radius 2 is 1.88 bits per heavy atom. The number of carbonyl (C=O) groups is 2. The van der Waals surface area contributed by atoms with Crippen LogP contribution in [0.25, 0.3) is 11.6 Å². The number of halogens is 7. The van der Waals surface area contributed by atoms with Crippen molar-refractivity contribution in [3.8, 4) is 0 Å². The van der Waals surface area contributed by atoms with E-state index in [1.807, 2.05) is 0 Å². The van der Waals surface area contributed by atoms with Crippen LogP contribution in [-0.4, -0.2) is 39.5 Å². The van der Waals surface area contributed by atoms with Crippen molar-refractivity contribution in [1.82, 2.24) is 14.7 Å². The van der Waals surface area contributed by atoms with Crippen molar-refractivity contribution in [2.24, 2.45) is 5.16 Å². The number of nitrogens with zero attached hydrogens (tertiary/aromatic N) is 3. The predicted molar refractivity (Wildman–Crippen MR) is 134 cm³/mol. The van der Waals surface area contributed by atoms with Crippen molar-refractivity contribution in [2.75, 3.05) is 6.54 Å². The molecule has 3 aromatic rings. The largest absolute Gasteiger partial charge is 0.416 e. The Balaban J connectivity index is 1.45. The number of aromatic nitrogens is 2. The molecule has 1 aliphatic rings. The fourth-order valence-corrected chi connectivity index (χ4v) is 4.34.